The van der Waals surface area contributed by atoms with Crippen LogP contribution in [0.2, 0.25) is 0 Å². The number of aryl methyl sites for hydroxylation is 1. The third-order valence-corrected chi connectivity index (χ3v) is 4.84. The van der Waals surface area contributed by atoms with Gasteiger partial charge in [0.25, 0.3) is 0 Å². The van der Waals surface area contributed by atoms with Gasteiger partial charge in [0.1, 0.15) is 17.5 Å². The van der Waals surface area contributed by atoms with Crippen molar-refractivity contribution in [3.8, 4) is 0 Å². The molecule has 28 heavy (non-hydrogen) atoms. The monoisotopic (exact) mass is 371 g/mol. The summed E-state index contributed by atoms with van der Waals surface area (Å²) in [6, 6.07) is 24.9. The molecule has 0 aliphatic heterocycles. The van der Waals surface area contributed by atoms with Crippen molar-refractivity contribution in [1.82, 2.24) is 15.0 Å². The first kappa shape index (κ1) is 17.9. The molecule has 1 unspecified atom stereocenters. The van der Waals surface area contributed by atoms with Crippen LogP contribution in [0.25, 0.3) is 16.7 Å². The van der Waals surface area contributed by atoms with Crippen molar-refractivity contribution >= 4 is 16.7 Å². The highest BCUT2D eigenvalue weighted by atomic mass is 16.5. The van der Waals surface area contributed by atoms with Crippen LogP contribution in [0.15, 0.2) is 85.1 Å². The lowest BCUT2D eigenvalue weighted by Crippen LogP contribution is -2.32. The average molecular weight is 371 g/mol. The molecule has 0 radical (unpaired) electrons. The SMILES string of the molecule is CO/C=C(\n1nnc2ccccc21)C(O)(c1ccccc1)c1ccc(C)cc1. The zero-order chi connectivity index (χ0) is 19.6. The Morgan fingerprint density at radius 2 is 1.57 bits per heavy atom. The van der Waals surface area contributed by atoms with Crippen LogP contribution < -0.4 is 0 Å². The van der Waals surface area contributed by atoms with Crippen molar-refractivity contribution in [2.45, 2.75) is 12.5 Å². The van der Waals surface area contributed by atoms with Gasteiger partial charge >= 0.3 is 0 Å². The first-order valence-corrected chi connectivity index (χ1v) is 9.04. The highest BCUT2D eigenvalue weighted by Gasteiger charge is 2.39. The summed E-state index contributed by atoms with van der Waals surface area (Å²) in [5.41, 5.74) is 3.04. The number of hydrogen-bond donors (Lipinski definition) is 1. The highest BCUT2D eigenvalue weighted by molar-refractivity contribution is 5.80. The lowest BCUT2D eigenvalue weighted by atomic mass is 9.83. The number of fused-ring (bicyclic) bond motifs is 1. The standard InChI is InChI=1S/C23H21N3O2/c1-17-12-14-19(15-13-17)23(27,18-8-4-3-5-9-18)22(16-28-2)26-21-11-7-6-10-20(21)24-25-26/h3-16,27H,1-2H3/b22-16-. The largest absolute Gasteiger partial charge is 0.502 e. The second-order valence-electron chi connectivity index (χ2n) is 6.67. The number of methoxy groups -OCH3 is 1. The van der Waals surface area contributed by atoms with Crippen LogP contribution in [0, 0.1) is 6.92 Å². The lowest BCUT2D eigenvalue weighted by Gasteiger charge is -2.31. The summed E-state index contributed by atoms with van der Waals surface area (Å²) in [4.78, 5) is 0. The lowest BCUT2D eigenvalue weighted by molar-refractivity contribution is 0.134. The van der Waals surface area contributed by atoms with Crippen LogP contribution in [0.3, 0.4) is 0 Å². The van der Waals surface area contributed by atoms with Gasteiger partial charge in [-0.05, 0) is 30.2 Å². The van der Waals surface area contributed by atoms with Gasteiger partial charge in [0, 0.05) is 0 Å². The van der Waals surface area contributed by atoms with E-state index < -0.39 is 5.60 Å². The summed E-state index contributed by atoms with van der Waals surface area (Å²) >= 11 is 0. The van der Waals surface area contributed by atoms with E-state index in [0.29, 0.717) is 16.8 Å². The minimum Gasteiger partial charge on any atom is -0.502 e. The van der Waals surface area contributed by atoms with Gasteiger partial charge in [-0.1, -0.05) is 77.5 Å². The number of benzene rings is 3. The first-order chi connectivity index (χ1) is 13.6. The molecule has 1 N–H and O–H groups in total. The third kappa shape index (κ3) is 2.96. The molecule has 1 atom stereocenters. The van der Waals surface area contributed by atoms with Gasteiger partial charge < -0.3 is 9.84 Å². The Morgan fingerprint density at radius 3 is 2.29 bits per heavy atom. The zero-order valence-corrected chi connectivity index (χ0v) is 15.8. The molecule has 4 rings (SSSR count). The highest BCUT2D eigenvalue weighted by Crippen LogP contribution is 2.40. The van der Waals surface area contributed by atoms with E-state index in [1.54, 1.807) is 11.8 Å². The predicted molar refractivity (Wildman–Crippen MR) is 109 cm³/mol. The topological polar surface area (TPSA) is 60.2 Å². The number of aromatic nitrogens is 3. The number of ether oxygens (including phenoxy) is 1. The molecule has 0 aliphatic carbocycles. The maximum absolute atomic E-state index is 12.1. The molecular weight excluding hydrogens is 350 g/mol. The molecule has 4 aromatic rings. The number of nitrogens with zero attached hydrogens (tertiary/aromatic N) is 3. The molecule has 0 amide bonds. The van der Waals surface area contributed by atoms with Crippen molar-refractivity contribution < 1.29 is 9.84 Å². The fraction of sp³-hybridized carbons (Fsp3) is 0.130. The van der Waals surface area contributed by atoms with E-state index >= 15 is 0 Å². The van der Waals surface area contributed by atoms with Gasteiger partial charge in [-0.2, -0.15) is 0 Å². The summed E-state index contributed by atoms with van der Waals surface area (Å²) in [6.07, 6.45) is 1.52. The van der Waals surface area contributed by atoms with Crippen molar-refractivity contribution in [3.05, 3.63) is 102 Å². The average Bonchev–Trinajstić information content (AvgIpc) is 3.16. The molecule has 1 heterocycles. The molecule has 5 nitrogen and oxygen atoms in total. The van der Waals surface area contributed by atoms with Gasteiger partial charge in [0.2, 0.25) is 0 Å². The van der Waals surface area contributed by atoms with Gasteiger partial charge in [0.15, 0.2) is 5.60 Å². The zero-order valence-electron chi connectivity index (χ0n) is 15.8. The molecule has 0 bridgehead atoms. The summed E-state index contributed by atoms with van der Waals surface area (Å²) in [5, 5.41) is 20.7. The molecule has 0 saturated heterocycles. The number of rotatable bonds is 5. The minimum atomic E-state index is -1.48. The Morgan fingerprint density at radius 1 is 0.929 bits per heavy atom. The summed E-state index contributed by atoms with van der Waals surface area (Å²) < 4.78 is 7.01. The van der Waals surface area contributed by atoms with E-state index in [4.69, 9.17) is 4.74 Å². The van der Waals surface area contributed by atoms with Crippen LogP contribution in [0.4, 0.5) is 0 Å². The van der Waals surface area contributed by atoms with Crippen LogP contribution >= 0.6 is 0 Å². The molecule has 0 fully saturated rings. The fourth-order valence-electron chi connectivity index (χ4n) is 3.38. The molecular formula is C23H21N3O2. The van der Waals surface area contributed by atoms with E-state index in [9.17, 15) is 5.11 Å². The molecule has 1 aromatic heterocycles. The van der Waals surface area contributed by atoms with Gasteiger partial charge in [-0.3, -0.25) is 0 Å². The maximum atomic E-state index is 12.1. The molecule has 0 aliphatic rings. The summed E-state index contributed by atoms with van der Waals surface area (Å²) in [6.45, 7) is 2.02. The third-order valence-electron chi connectivity index (χ3n) is 4.84. The fourth-order valence-corrected chi connectivity index (χ4v) is 3.38. The maximum Gasteiger partial charge on any atom is 0.160 e. The Bertz CT molecular complexity index is 1120. The Kier molecular flexibility index (Phi) is 4.67. The Labute approximate surface area is 163 Å². The van der Waals surface area contributed by atoms with Crippen molar-refractivity contribution in [2.75, 3.05) is 7.11 Å². The quantitative estimate of drug-likeness (QED) is 0.536. The second kappa shape index (κ2) is 7.29. The molecule has 3 aromatic carbocycles. The number of aliphatic hydroxyl groups is 1. The van der Waals surface area contributed by atoms with E-state index in [0.717, 1.165) is 16.6 Å². The minimum absolute atomic E-state index is 0.457. The van der Waals surface area contributed by atoms with Crippen LogP contribution in [0.1, 0.15) is 16.7 Å². The van der Waals surface area contributed by atoms with E-state index in [2.05, 4.69) is 10.3 Å². The Hall–Kier alpha value is -3.44. The number of hydrogen-bond acceptors (Lipinski definition) is 4. The summed E-state index contributed by atoms with van der Waals surface area (Å²) in [5.74, 6) is 0. The van der Waals surface area contributed by atoms with Crippen LogP contribution in [-0.4, -0.2) is 27.2 Å². The smallest absolute Gasteiger partial charge is 0.160 e. The van der Waals surface area contributed by atoms with Gasteiger partial charge in [0.05, 0.1) is 12.6 Å². The van der Waals surface area contributed by atoms with Crippen molar-refractivity contribution in [2.24, 2.45) is 0 Å². The molecule has 5 heteroatoms. The summed E-state index contributed by atoms with van der Waals surface area (Å²) in [7, 11) is 1.56. The first-order valence-electron chi connectivity index (χ1n) is 9.04. The second-order valence-corrected chi connectivity index (χ2v) is 6.67. The van der Waals surface area contributed by atoms with Crippen LogP contribution in [-0.2, 0) is 10.3 Å². The Balaban J connectivity index is 2.01. The molecule has 0 saturated carbocycles. The van der Waals surface area contributed by atoms with E-state index in [1.165, 1.54) is 6.26 Å². The van der Waals surface area contributed by atoms with Crippen molar-refractivity contribution in [3.63, 3.8) is 0 Å². The molecule has 140 valence electrons. The van der Waals surface area contributed by atoms with Crippen LogP contribution in [0.5, 0.6) is 0 Å². The van der Waals surface area contributed by atoms with E-state index in [1.807, 2.05) is 85.8 Å². The van der Waals surface area contributed by atoms with Gasteiger partial charge in [-0.25, -0.2) is 4.68 Å². The normalized spacial score (nSPS) is 14.0. The van der Waals surface area contributed by atoms with Gasteiger partial charge in [-0.15, -0.1) is 5.10 Å². The molecule has 0 spiro atoms. The van der Waals surface area contributed by atoms with E-state index in [-0.39, 0.29) is 0 Å². The number of para-hydroxylation sites is 1. The van der Waals surface area contributed by atoms with Crippen molar-refractivity contribution in [1.29, 1.82) is 0 Å². The predicted octanol–water partition coefficient (Wildman–Crippen LogP) is 4.12.